The van der Waals surface area contributed by atoms with E-state index >= 15 is 0 Å². The second kappa shape index (κ2) is 13.4. The van der Waals surface area contributed by atoms with E-state index in [2.05, 4.69) is 16.0 Å². The second-order valence-corrected chi connectivity index (χ2v) is 13.8. The lowest BCUT2D eigenvalue weighted by molar-refractivity contribution is -0.0171. The molecule has 1 saturated heterocycles. The maximum absolute atomic E-state index is 13.6. The van der Waals surface area contributed by atoms with Gasteiger partial charge >= 0.3 is 12.2 Å². The van der Waals surface area contributed by atoms with Crippen LogP contribution in [-0.2, 0) is 20.8 Å². The number of amides is 2. The number of ether oxygens (including phenoxy) is 3. The minimum atomic E-state index is -0.760. The molecule has 2 aliphatic rings. The van der Waals surface area contributed by atoms with Gasteiger partial charge in [-0.1, -0.05) is 0 Å². The molecule has 1 aliphatic heterocycles. The maximum Gasteiger partial charge on any atom is 0.421 e. The molecular weight excluding hydrogens is 584 g/mol. The lowest BCUT2D eigenvalue weighted by Gasteiger charge is -2.33. The predicted octanol–water partition coefficient (Wildman–Crippen LogP) is 7.28. The first-order valence-electron chi connectivity index (χ1n) is 15.7. The van der Waals surface area contributed by atoms with Crippen molar-refractivity contribution in [1.29, 1.82) is 5.26 Å². The summed E-state index contributed by atoms with van der Waals surface area (Å²) in [4.78, 5) is 42.9. The minimum Gasteiger partial charge on any atom is -0.444 e. The summed E-state index contributed by atoms with van der Waals surface area (Å²) in [6, 6.07) is 11.2. The van der Waals surface area contributed by atoms with E-state index in [0.29, 0.717) is 42.7 Å². The largest absolute Gasteiger partial charge is 0.444 e. The number of piperidine rings is 1. The number of carbonyl (C=O) groups is 2. The zero-order valence-electron chi connectivity index (χ0n) is 27.4. The van der Waals surface area contributed by atoms with Crippen molar-refractivity contribution in [1.82, 2.24) is 19.9 Å². The van der Waals surface area contributed by atoms with E-state index in [4.69, 9.17) is 19.2 Å². The van der Waals surface area contributed by atoms with E-state index in [9.17, 15) is 14.9 Å². The van der Waals surface area contributed by atoms with Crippen LogP contribution in [0.25, 0.3) is 11.3 Å². The Morgan fingerprint density at radius 3 is 2.33 bits per heavy atom. The van der Waals surface area contributed by atoms with Crippen molar-refractivity contribution in [3.63, 3.8) is 0 Å². The fourth-order valence-electron chi connectivity index (χ4n) is 5.13. The third-order valence-corrected chi connectivity index (χ3v) is 7.46. The number of nitriles is 1. The fraction of sp³-hybridized carbons (Fsp3) is 0.486. The molecule has 242 valence electrons. The van der Waals surface area contributed by atoms with Crippen LogP contribution in [0.1, 0.15) is 89.8 Å². The monoisotopic (exact) mass is 626 g/mol. The van der Waals surface area contributed by atoms with E-state index in [0.717, 1.165) is 42.4 Å². The first-order chi connectivity index (χ1) is 21.8. The zero-order valence-corrected chi connectivity index (χ0v) is 27.4. The third-order valence-electron chi connectivity index (χ3n) is 7.46. The van der Waals surface area contributed by atoms with E-state index in [1.165, 1.54) is 11.1 Å². The van der Waals surface area contributed by atoms with Crippen LogP contribution in [0.5, 0.6) is 0 Å². The fourth-order valence-corrected chi connectivity index (χ4v) is 5.13. The topological polar surface area (TPSA) is 131 Å². The average molecular weight is 627 g/mol. The van der Waals surface area contributed by atoms with Crippen LogP contribution in [0, 0.1) is 11.3 Å². The molecule has 0 unspecified atom stereocenters. The molecule has 2 amide bonds. The molecule has 0 radical (unpaired) electrons. The van der Waals surface area contributed by atoms with E-state index in [1.807, 2.05) is 39.0 Å². The summed E-state index contributed by atoms with van der Waals surface area (Å²) in [5, 5.41) is 9.51. The van der Waals surface area contributed by atoms with Gasteiger partial charge in [-0.2, -0.15) is 5.26 Å². The molecule has 0 spiro atoms. The summed E-state index contributed by atoms with van der Waals surface area (Å²) in [7, 11) is 0. The Morgan fingerprint density at radius 2 is 1.67 bits per heavy atom. The molecule has 0 atom stereocenters. The Kier molecular flexibility index (Phi) is 9.58. The molecule has 3 aromatic rings. The number of carbonyl (C=O) groups excluding carboxylic acids is 2. The maximum atomic E-state index is 13.6. The van der Waals surface area contributed by atoms with Gasteiger partial charge in [-0.05, 0) is 115 Å². The van der Waals surface area contributed by atoms with Crippen LogP contribution in [0.2, 0.25) is 0 Å². The summed E-state index contributed by atoms with van der Waals surface area (Å²) in [5.74, 6) is 0.970. The molecule has 0 aromatic carbocycles. The number of anilines is 2. The first-order valence-corrected chi connectivity index (χ1v) is 15.7. The van der Waals surface area contributed by atoms with Crippen LogP contribution in [0.4, 0.5) is 21.2 Å². The molecule has 4 heterocycles. The molecule has 1 saturated carbocycles. The van der Waals surface area contributed by atoms with Crippen molar-refractivity contribution in [3.05, 3.63) is 65.6 Å². The summed E-state index contributed by atoms with van der Waals surface area (Å²) in [5.41, 5.74) is 2.47. The molecule has 3 aromatic heterocycles. The Labute approximate surface area is 270 Å². The van der Waals surface area contributed by atoms with Gasteiger partial charge < -0.3 is 19.1 Å². The van der Waals surface area contributed by atoms with Crippen LogP contribution in [0.3, 0.4) is 0 Å². The Hall–Kier alpha value is -4.56. The van der Waals surface area contributed by atoms with E-state index < -0.39 is 17.3 Å². The molecule has 1 aliphatic carbocycles. The van der Waals surface area contributed by atoms with Gasteiger partial charge in [-0.15, -0.1) is 0 Å². The van der Waals surface area contributed by atoms with Gasteiger partial charge in [0, 0.05) is 37.2 Å². The van der Waals surface area contributed by atoms with Gasteiger partial charge in [0.05, 0.1) is 30.0 Å². The van der Waals surface area contributed by atoms with Gasteiger partial charge in [-0.25, -0.2) is 24.5 Å². The number of hydrogen-bond donors (Lipinski definition) is 0. The summed E-state index contributed by atoms with van der Waals surface area (Å²) < 4.78 is 17.5. The standard InChI is InChI=1S/C35H42N6O5/c1-34(2,3)45-32(42)40-13-10-28(11-14-40)44-22-24-15-27(21-37-20-24)29-17-26(25-7-8-25)18-31(39-29)41(33(43)46-35(4,5)6)30-16-23(19-36)9-12-38-30/h9,12,15-18,20-21,25,28H,7-8,10-11,13-14,22H2,1-6H3. The normalized spacial score (nSPS) is 15.6. The van der Waals surface area contributed by atoms with E-state index in [1.54, 1.807) is 50.2 Å². The lowest BCUT2D eigenvalue weighted by atomic mass is 10.1. The number of nitrogens with zero attached hydrogens (tertiary/aromatic N) is 6. The number of aromatic nitrogens is 3. The van der Waals surface area contributed by atoms with Gasteiger partial charge in [-0.3, -0.25) is 4.98 Å². The highest BCUT2D eigenvalue weighted by molar-refractivity contribution is 5.94. The Morgan fingerprint density at radius 1 is 0.957 bits per heavy atom. The number of rotatable bonds is 7. The minimum absolute atomic E-state index is 0.0179. The quantitative estimate of drug-likeness (QED) is 0.265. The van der Waals surface area contributed by atoms with Crippen LogP contribution >= 0.6 is 0 Å². The highest BCUT2D eigenvalue weighted by Gasteiger charge is 2.31. The highest BCUT2D eigenvalue weighted by atomic mass is 16.6. The summed E-state index contributed by atoms with van der Waals surface area (Å²) in [6.45, 7) is 12.5. The number of likely N-dealkylation sites (tertiary alicyclic amines) is 1. The lowest BCUT2D eigenvalue weighted by Crippen LogP contribution is -2.43. The SMILES string of the molecule is CC(C)(C)OC(=O)N1CCC(OCc2cncc(-c3cc(C4CC4)cc(N(C(=O)OC(C)(C)C)c4cc(C#N)ccn4)n3)c2)CC1. The smallest absolute Gasteiger partial charge is 0.421 e. The average Bonchev–Trinajstić information content (AvgIpc) is 3.85. The molecule has 5 rings (SSSR count). The van der Waals surface area contributed by atoms with Gasteiger partial charge in [0.25, 0.3) is 0 Å². The van der Waals surface area contributed by atoms with Crippen molar-refractivity contribution >= 4 is 23.8 Å². The van der Waals surface area contributed by atoms with Crippen molar-refractivity contribution in [2.45, 2.75) is 97.1 Å². The van der Waals surface area contributed by atoms with Crippen LogP contribution in [-0.4, -0.2) is 62.4 Å². The molecule has 11 nitrogen and oxygen atoms in total. The van der Waals surface area contributed by atoms with Crippen molar-refractivity contribution in [2.24, 2.45) is 0 Å². The number of hydrogen-bond acceptors (Lipinski definition) is 9. The highest BCUT2D eigenvalue weighted by Crippen LogP contribution is 2.43. The van der Waals surface area contributed by atoms with Crippen LogP contribution in [0.15, 0.2) is 48.9 Å². The number of pyridine rings is 3. The Balaban J connectivity index is 1.36. The Bertz CT molecular complexity index is 1610. The predicted molar refractivity (Wildman–Crippen MR) is 172 cm³/mol. The molecule has 0 bridgehead atoms. The second-order valence-electron chi connectivity index (χ2n) is 13.8. The van der Waals surface area contributed by atoms with Crippen molar-refractivity contribution < 1.29 is 23.8 Å². The van der Waals surface area contributed by atoms with Gasteiger partial charge in [0.2, 0.25) is 0 Å². The molecule has 0 N–H and O–H groups in total. The molecule has 46 heavy (non-hydrogen) atoms. The van der Waals surface area contributed by atoms with Gasteiger partial charge in [0.15, 0.2) is 0 Å². The first kappa shape index (κ1) is 32.8. The summed E-state index contributed by atoms with van der Waals surface area (Å²) in [6.07, 6.45) is 7.65. The van der Waals surface area contributed by atoms with Crippen LogP contribution < -0.4 is 4.90 Å². The van der Waals surface area contributed by atoms with E-state index in [-0.39, 0.29) is 18.0 Å². The third kappa shape index (κ3) is 8.79. The molecule has 2 fully saturated rings. The van der Waals surface area contributed by atoms with Crippen molar-refractivity contribution in [3.8, 4) is 17.3 Å². The summed E-state index contributed by atoms with van der Waals surface area (Å²) >= 11 is 0. The van der Waals surface area contributed by atoms with Gasteiger partial charge in [0.1, 0.15) is 22.8 Å². The molecular formula is C35H42N6O5. The zero-order chi connectivity index (χ0) is 33.1. The van der Waals surface area contributed by atoms with Crippen molar-refractivity contribution in [2.75, 3.05) is 18.0 Å². The molecule has 11 heteroatoms.